The molecule has 100 valence electrons. The normalized spacial score (nSPS) is 11.3. The molecule has 4 heteroatoms. The largest absolute Gasteiger partial charge is 0.394 e. The van der Waals surface area contributed by atoms with Crippen LogP contribution in [-0.2, 0) is 0 Å². The van der Waals surface area contributed by atoms with Gasteiger partial charge >= 0.3 is 0 Å². The van der Waals surface area contributed by atoms with Crippen LogP contribution >= 0.6 is 0 Å². The Bertz CT molecular complexity index is 400. The quantitative estimate of drug-likeness (QED) is 0.712. The van der Waals surface area contributed by atoms with E-state index in [4.69, 9.17) is 0 Å². The van der Waals surface area contributed by atoms with E-state index < -0.39 is 5.54 Å². The molecule has 0 unspecified atom stereocenters. The van der Waals surface area contributed by atoms with E-state index in [9.17, 15) is 15.0 Å². The molecule has 0 aliphatic rings. The van der Waals surface area contributed by atoms with E-state index in [1.54, 1.807) is 12.1 Å². The van der Waals surface area contributed by atoms with E-state index >= 15 is 0 Å². The van der Waals surface area contributed by atoms with Gasteiger partial charge in [0.2, 0.25) is 0 Å². The third-order valence-corrected chi connectivity index (χ3v) is 2.99. The Kier molecular flexibility index (Phi) is 5.31. The number of aryl methyl sites for hydroxylation is 1. The molecule has 1 aromatic carbocycles. The number of hydrogen-bond acceptors (Lipinski definition) is 3. The zero-order valence-corrected chi connectivity index (χ0v) is 10.9. The van der Waals surface area contributed by atoms with Crippen LogP contribution in [0.25, 0.3) is 0 Å². The van der Waals surface area contributed by atoms with Crippen molar-refractivity contribution in [2.24, 2.45) is 0 Å². The van der Waals surface area contributed by atoms with Crippen LogP contribution < -0.4 is 5.32 Å². The Balaban J connectivity index is 2.84. The predicted molar refractivity (Wildman–Crippen MR) is 70.5 cm³/mol. The fourth-order valence-corrected chi connectivity index (χ4v) is 1.93. The third-order valence-electron chi connectivity index (χ3n) is 2.99. The lowest BCUT2D eigenvalue weighted by Crippen LogP contribution is -2.54. The summed E-state index contributed by atoms with van der Waals surface area (Å²) in [6, 6.07) is 7.21. The number of benzene rings is 1. The van der Waals surface area contributed by atoms with Crippen molar-refractivity contribution in [3.8, 4) is 0 Å². The summed E-state index contributed by atoms with van der Waals surface area (Å²) in [7, 11) is 0. The van der Waals surface area contributed by atoms with Crippen LogP contribution in [0, 0.1) is 6.92 Å². The van der Waals surface area contributed by atoms with Crippen LogP contribution in [0.2, 0.25) is 0 Å². The molecule has 0 radical (unpaired) electrons. The molecule has 0 atom stereocenters. The number of rotatable bonds is 6. The highest BCUT2D eigenvalue weighted by molar-refractivity contribution is 5.94. The van der Waals surface area contributed by atoms with E-state index in [0.717, 1.165) is 12.0 Å². The summed E-state index contributed by atoms with van der Waals surface area (Å²) in [5, 5.41) is 21.5. The molecular weight excluding hydrogens is 230 g/mol. The lowest BCUT2D eigenvalue weighted by molar-refractivity contribution is 0.0632. The van der Waals surface area contributed by atoms with Gasteiger partial charge in [-0.15, -0.1) is 0 Å². The Morgan fingerprint density at radius 1 is 1.33 bits per heavy atom. The fraction of sp³-hybridized carbons (Fsp3) is 0.500. The molecule has 0 saturated heterocycles. The van der Waals surface area contributed by atoms with Gasteiger partial charge in [-0.1, -0.05) is 31.0 Å². The minimum Gasteiger partial charge on any atom is -0.394 e. The van der Waals surface area contributed by atoms with E-state index in [1.807, 2.05) is 26.0 Å². The summed E-state index contributed by atoms with van der Waals surface area (Å²) in [5.41, 5.74) is 0.601. The first-order valence-electron chi connectivity index (χ1n) is 6.18. The number of aliphatic hydroxyl groups is 2. The van der Waals surface area contributed by atoms with Gasteiger partial charge in [0, 0.05) is 5.56 Å². The highest BCUT2D eigenvalue weighted by Gasteiger charge is 2.29. The first kappa shape index (κ1) is 14.7. The van der Waals surface area contributed by atoms with Crippen molar-refractivity contribution in [1.82, 2.24) is 5.32 Å². The molecule has 1 aromatic rings. The predicted octanol–water partition coefficient (Wildman–Crippen LogP) is 1.25. The van der Waals surface area contributed by atoms with E-state index in [0.29, 0.717) is 12.0 Å². The molecular formula is C14H21NO3. The lowest BCUT2D eigenvalue weighted by atomic mass is 9.95. The van der Waals surface area contributed by atoms with Gasteiger partial charge in [0.25, 0.3) is 5.91 Å². The van der Waals surface area contributed by atoms with Crippen LogP contribution in [0.4, 0.5) is 0 Å². The van der Waals surface area contributed by atoms with Gasteiger partial charge in [0.1, 0.15) is 0 Å². The van der Waals surface area contributed by atoms with Crippen LogP contribution in [0.5, 0.6) is 0 Å². The molecule has 4 nitrogen and oxygen atoms in total. The molecule has 1 rings (SSSR count). The van der Waals surface area contributed by atoms with Gasteiger partial charge in [-0.3, -0.25) is 4.79 Å². The molecule has 0 heterocycles. The summed E-state index contributed by atoms with van der Waals surface area (Å²) in [5.74, 6) is -0.268. The second kappa shape index (κ2) is 6.52. The first-order chi connectivity index (χ1) is 8.56. The van der Waals surface area contributed by atoms with Crippen LogP contribution in [-0.4, -0.2) is 34.9 Å². The highest BCUT2D eigenvalue weighted by Crippen LogP contribution is 2.13. The van der Waals surface area contributed by atoms with E-state index in [2.05, 4.69) is 5.32 Å². The van der Waals surface area contributed by atoms with E-state index in [-0.39, 0.29) is 19.1 Å². The number of hydrogen-bond donors (Lipinski definition) is 3. The summed E-state index contributed by atoms with van der Waals surface area (Å²) >= 11 is 0. The molecule has 18 heavy (non-hydrogen) atoms. The molecule has 0 fully saturated rings. The van der Waals surface area contributed by atoms with Crippen molar-refractivity contribution in [3.63, 3.8) is 0 Å². The van der Waals surface area contributed by atoms with Crippen LogP contribution in [0.1, 0.15) is 35.7 Å². The average Bonchev–Trinajstić information content (AvgIpc) is 2.38. The maximum Gasteiger partial charge on any atom is 0.251 e. The SMILES string of the molecule is CCCC(CO)(CO)NC(=O)c1cccc(C)c1. The number of amides is 1. The second-order valence-corrected chi connectivity index (χ2v) is 4.67. The molecule has 0 aromatic heterocycles. The van der Waals surface area contributed by atoms with Crippen LogP contribution in [0.15, 0.2) is 24.3 Å². The lowest BCUT2D eigenvalue weighted by Gasteiger charge is -2.30. The number of nitrogens with one attached hydrogen (secondary N) is 1. The molecule has 0 aliphatic carbocycles. The maximum atomic E-state index is 12.1. The monoisotopic (exact) mass is 251 g/mol. The molecule has 0 spiro atoms. The van der Waals surface area contributed by atoms with Gasteiger partial charge in [0.15, 0.2) is 0 Å². The second-order valence-electron chi connectivity index (χ2n) is 4.67. The summed E-state index contributed by atoms with van der Waals surface area (Å²) in [4.78, 5) is 12.1. The summed E-state index contributed by atoms with van der Waals surface area (Å²) in [6.07, 6.45) is 1.31. The third kappa shape index (κ3) is 3.55. The highest BCUT2D eigenvalue weighted by atomic mass is 16.3. The summed E-state index contributed by atoms with van der Waals surface area (Å²) < 4.78 is 0. The fourth-order valence-electron chi connectivity index (χ4n) is 1.93. The zero-order chi connectivity index (χ0) is 13.6. The Morgan fingerprint density at radius 2 is 2.00 bits per heavy atom. The van der Waals surface area contributed by atoms with Crippen molar-refractivity contribution < 1.29 is 15.0 Å². The van der Waals surface area contributed by atoms with Crippen LogP contribution in [0.3, 0.4) is 0 Å². The van der Waals surface area contributed by atoms with Crippen molar-refractivity contribution in [2.75, 3.05) is 13.2 Å². The molecule has 0 bridgehead atoms. The average molecular weight is 251 g/mol. The number of carbonyl (C=O) groups is 1. The summed E-state index contributed by atoms with van der Waals surface area (Å²) in [6.45, 7) is 3.32. The minimum absolute atomic E-state index is 0.268. The Morgan fingerprint density at radius 3 is 2.50 bits per heavy atom. The van der Waals surface area contributed by atoms with Crippen molar-refractivity contribution >= 4 is 5.91 Å². The molecule has 0 aliphatic heterocycles. The zero-order valence-electron chi connectivity index (χ0n) is 10.9. The molecule has 0 saturated carbocycles. The first-order valence-corrected chi connectivity index (χ1v) is 6.18. The van der Waals surface area contributed by atoms with Crippen molar-refractivity contribution in [2.45, 2.75) is 32.2 Å². The van der Waals surface area contributed by atoms with Gasteiger partial charge in [0.05, 0.1) is 18.8 Å². The Labute approximate surface area is 108 Å². The molecule has 1 amide bonds. The number of carbonyl (C=O) groups excluding carboxylic acids is 1. The van der Waals surface area contributed by atoms with Gasteiger partial charge in [-0.25, -0.2) is 0 Å². The topological polar surface area (TPSA) is 69.6 Å². The number of aliphatic hydroxyl groups excluding tert-OH is 2. The minimum atomic E-state index is -0.935. The van der Waals surface area contributed by atoms with Gasteiger partial charge in [-0.2, -0.15) is 0 Å². The smallest absolute Gasteiger partial charge is 0.251 e. The maximum absolute atomic E-state index is 12.1. The van der Waals surface area contributed by atoms with Gasteiger partial charge < -0.3 is 15.5 Å². The van der Waals surface area contributed by atoms with E-state index in [1.165, 1.54) is 0 Å². The Hall–Kier alpha value is -1.39. The van der Waals surface area contributed by atoms with Gasteiger partial charge in [-0.05, 0) is 25.5 Å². The van der Waals surface area contributed by atoms with Crippen molar-refractivity contribution in [1.29, 1.82) is 0 Å². The molecule has 3 N–H and O–H groups in total. The van der Waals surface area contributed by atoms with Crippen molar-refractivity contribution in [3.05, 3.63) is 35.4 Å². The standard InChI is InChI=1S/C14H21NO3/c1-3-7-14(9-16,10-17)15-13(18)12-6-4-5-11(2)8-12/h4-6,8,16-17H,3,7,9-10H2,1-2H3,(H,15,18).